The summed E-state index contributed by atoms with van der Waals surface area (Å²) in [5, 5.41) is 3.04. The zero-order valence-corrected chi connectivity index (χ0v) is 12.5. The predicted octanol–water partition coefficient (Wildman–Crippen LogP) is 2.60. The maximum atomic E-state index is 12.5. The van der Waals surface area contributed by atoms with Crippen molar-refractivity contribution in [1.82, 2.24) is 5.09 Å². The van der Waals surface area contributed by atoms with Gasteiger partial charge in [0.1, 0.15) is 6.04 Å². The fourth-order valence-corrected chi connectivity index (χ4v) is 4.33. The lowest BCUT2D eigenvalue weighted by atomic mass is 10.1. The molecule has 1 aromatic carbocycles. The van der Waals surface area contributed by atoms with Crippen molar-refractivity contribution in [1.29, 1.82) is 0 Å². The Hall–Kier alpha value is -1.38. The maximum Gasteiger partial charge on any atom is 0.323 e. The Morgan fingerprint density at radius 1 is 1.30 bits per heavy atom. The molecule has 0 spiro atoms. The molecule has 1 aliphatic rings. The molecule has 0 saturated carbocycles. The lowest BCUT2D eigenvalue weighted by Gasteiger charge is -2.22. The van der Waals surface area contributed by atoms with E-state index in [4.69, 9.17) is 4.74 Å². The van der Waals surface area contributed by atoms with E-state index in [0.717, 1.165) is 5.56 Å². The van der Waals surface area contributed by atoms with Crippen LogP contribution in [0.3, 0.4) is 0 Å². The summed E-state index contributed by atoms with van der Waals surface area (Å²) in [6, 6.07) is 9.14. The van der Waals surface area contributed by atoms with E-state index in [0.29, 0.717) is 25.4 Å². The molecule has 5 heteroatoms. The minimum atomic E-state index is -2.50. The van der Waals surface area contributed by atoms with Crippen molar-refractivity contribution in [2.24, 2.45) is 0 Å². The van der Waals surface area contributed by atoms with Crippen LogP contribution in [-0.4, -0.2) is 30.9 Å². The van der Waals surface area contributed by atoms with Crippen LogP contribution in [-0.2, 0) is 20.5 Å². The quantitative estimate of drug-likeness (QED) is 0.497. The van der Waals surface area contributed by atoms with Gasteiger partial charge in [-0.1, -0.05) is 42.5 Å². The Morgan fingerprint density at radius 2 is 1.95 bits per heavy atom. The Morgan fingerprint density at radius 3 is 2.55 bits per heavy atom. The number of allylic oxidation sites excluding steroid dienone is 2. The molecule has 20 heavy (non-hydrogen) atoms. The number of esters is 1. The zero-order chi connectivity index (χ0) is 14.4. The van der Waals surface area contributed by atoms with Crippen molar-refractivity contribution in [3.8, 4) is 0 Å². The van der Waals surface area contributed by atoms with Crippen LogP contribution in [0.4, 0.5) is 0 Å². The first kappa shape index (κ1) is 15.0. The van der Waals surface area contributed by atoms with Crippen LogP contribution in [0.15, 0.2) is 42.5 Å². The van der Waals surface area contributed by atoms with Crippen LogP contribution >= 0.6 is 7.29 Å². The summed E-state index contributed by atoms with van der Waals surface area (Å²) >= 11 is 0. The summed E-state index contributed by atoms with van der Waals surface area (Å²) in [7, 11) is -2.50. The summed E-state index contributed by atoms with van der Waals surface area (Å²) in [5.74, 6) is -0.335. The van der Waals surface area contributed by atoms with Crippen LogP contribution in [0.2, 0.25) is 0 Å². The molecule has 4 nitrogen and oxygen atoms in total. The molecule has 2 rings (SSSR count). The zero-order valence-electron chi connectivity index (χ0n) is 11.6. The highest BCUT2D eigenvalue weighted by atomic mass is 31.2. The maximum absolute atomic E-state index is 12.5. The molecule has 1 heterocycles. The van der Waals surface area contributed by atoms with Gasteiger partial charge in [0.15, 0.2) is 7.29 Å². The van der Waals surface area contributed by atoms with E-state index in [9.17, 15) is 9.36 Å². The molecule has 0 aliphatic carbocycles. The lowest BCUT2D eigenvalue weighted by Crippen LogP contribution is -2.38. The van der Waals surface area contributed by atoms with Gasteiger partial charge in [-0.3, -0.25) is 9.88 Å². The second kappa shape index (κ2) is 6.87. The number of hydrogen-bond donors (Lipinski definition) is 1. The van der Waals surface area contributed by atoms with E-state index in [2.05, 4.69) is 5.09 Å². The molecule has 1 N–H and O–H groups in total. The van der Waals surface area contributed by atoms with Crippen molar-refractivity contribution in [3.63, 3.8) is 0 Å². The Balaban J connectivity index is 2.08. The van der Waals surface area contributed by atoms with Gasteiger partial charge in [0.25, 0.3) is 0 Å². The predicted molar refractivity (Wildman–Crippen MR) is 80.2 cm³/mol. The standard InChI is InChI=1S/C15H20NO3P/c1-2-19-15(17)14(12-13-8-4-3-5-9-13)16-20(18)10-6-7-11-20/h3-9,14H,2,10-12H2,1H3,(H,16,18). The van der Waals surface area contributed by atoms with E-state index >= 15 is 0 Å². The SMILES string of the molecule is CCOC(=O)C(Cc1ccccc1)NP1(=O)CC=CC1. The Kier molecular flexibility index (Phi) is 5.16. The molecule has 1 aliphatic heterocycles. The number of nitrogens with one attached hydrogen (secondary N) is 1. The minimum absolute atomic E-state index is 0.328. The van der Waals surface area contributed by atoms with Gasteiger partial charge in [0, 0.05) is 12.3 Å². The van der Waals surface area contributed by atoms with Gasteiger partial charge in [0.05, 0.1) is 6.61 Å². The van der Waals surface area contributed by atoms with E-state index in [1.54, 1.807) is 6.92 Å². The molecule has 0 amide bonds. The molecular weight excluding hydrogens is 273 g/mol. The molecule has 0 aromatic heterocycles. The summed E-state index contributed by atoms with van der Waals surface area (Å²) in [6.07, 6.45) is 5.32. The van der Waals surface area contributed by atoms with Gasteiger partial charge in [-0.15, -0.1) is 0 Å². The van der Waals surface area contributed by atoms with Gasteiger partial charge in [-0.05, 0) is 18.9 Å². The molecule has 1 aromatic rings. The van der Waals surface area contributed by atoms with Crippen LogP contribution in [0.5, 0.6) is 0 Å². The summed E-state index contributed by atoms with van der Waals surface area (Å²) in [4.78, 5) is 12.1. The highest BCUT2D eigenvalue weighted by molar-refractivity contribution is 7.62. The fourth-order valence-electron chi connectivity index (χ4n) is 2.23. The average Bonchev–Trinajstić information content (AvgIpc) is 2.86. The van der Waals surface area contributed by atoms with Crippen LogP contribution in [0.1, 0.15) is 12.5 Å². The van der Waals surface area contributed by atoms with Gasteiger partial charge >= 0.3 is 5.97 Å². The van der Waals surface area contributed by atoms with Crippen LogP contribution in [0, 0.1) is 0 Å². The largest absolute Gasteiger partial charge is 0.465 e. The highest BCUT2D eigenvalue weighted by Gasteiger charge is 2.30. The van der Waals surface area contributed by atoms with Crippen LogP contribution < -0.4 is 5.09 Å². The number of carbonyl (C=O) groups excluding carboxylic acids is 1. The molecule has 0 bridgehead atoms. The van der Waals surface area contributed by atoms with Gasteiger partial charge in [0.2, 0.25) is 0 Å². The Labute approximate surface area is 119 Å². The summed E-state index contributed by atoms with van der Waals surface area (Å²) in [5.41, 5.74) is 1.02. The fraction of sp³-hybridized carbons (Fsp3) is 0.400. The number of carbonyl (C=O) groups is 1. The highest BCUT2D eigenvalue weighted by Crippen LogP contribution is 2.45. The van der Waals surface area contributed by atoms with Crippen molar-refractivity contribution in [2.45, 2.75) is 19.4 Å². The summed E-state index contributed by atoms with van der Waals surface area (Å²) in [6.45, 7) is 2.10. The number of hydrogen-bond acceptors (Lipinski definition) is 3. The van der Waals surface area contributed by atoms with Crippen molar-refractivity contribution in [2.75, 3.05) is 18.9 Å². The Bertz CT molecular complexity index is 515. The first-order valence-electron chi connectivity index (χ1n) is 6.84. The number of ether oxygens (including phenoxy) is 1. The van der Waals surface area contributed by atoms with E-state index < -0.39 is 13.3 Å². The van der Waals surface area contributed by atoms with Gasteiger partial charge in [-0.2, -0.15) is 0 Å². The van der Waals surface area contributed by atoms with Gasteiger partial charge in [-0.25, -0.2) is 0 Å². The first-order chi connectivity index (χ1) is 9.63. The third-order valence-electron chi connectivity index (χ3n) is 3.21. The molecule has 1 atom stereocenters. The second-order valence-corrected chi connectivity index (χ2v) is 7.62. The number of benzene rings is 1. The third-order valence-corrected chi connectivity index (χ3v) is 5.60. The van der Waals surface area contributed by atoms with Gasteiger partial charge < -0.3 is 9.30 Å². The average molecular weight is 293 g/mol. The monoisotopic (exact) mass is 293 g/mol. The molecule has 0 radical (unpaired) electrons. The molecular formula is C15H20NO3P. The smallest absolute Gasteiger partial charge is 0.323 e. The van der Waals surface area contributed by atoms with E-state index in [1.165, 1.54) is 0 Å². The molecule has 1 unspecified atom stereocenters. The van der Waals surface area contributed by atoms with E-state index in [1.807, 2.05) is 42.5 Å². The molecule has 0 saturated heterocycles. The van der Waals surface area contributed by atoms with Crippen molar-refractivity contribution in [3.05, 3.63) is 48.0 Å². The topological polar surface area (TPSA) is 55.4 Å². The van der Waals surface area contributed by atoms with Crippen molar-refractivity contribution >= 4 is 13.3 Å². The molecule has 0 fully saturated rings. The first-order valence-corrected chi connectivity index (χ1v) is 8.92. The lowest BCUT2D eigenvalue weighted by molar-refractivity contribution is -0.145. The summed E-state index contributed by atoms with van der Waals surface area (Å²) < 4.78 is 17.6. The van der Waals surface area contributed by atoms with E-state index in [-0.39, 0.29) is 5.97 Å². The minimum Gasteiger partial charge on any atom is -0.465 e. The van der Waals surface area contributed by atoms with Crippen molar-refractivity contribution < 1.29 is 14.1 Å². The normalized spacial score (nSPS) is 17.9. The number of rotatable bonds is 6. The van der Waals surface area contributed by atoms with Crippen LogP contribution in [0.25, 0.3) is 0 Å². The third kappa shape index (κ3) is 4.06. The second-order valence-electron chi connectivity index (χ2n) is 4.85. The molecule has 108 valence electrons.